The number of nitrogens with zero attached hydrogens (tertiary/aromatic N) is 1. The van der Waals surface area contributed by atoms with Gasteiger partial charge >= 0.3 is 0 Å². The molecule has 0 spiro atoms. The van der Waals surface area contributed by atoms with Crippen LogP contribution < -0.4 is 0 Å². The van der Waals surface area contributed by atoms with E-state index in [-0.39, 0.29) is 11.8 Å². The Hall–Kier alpha value is -0.380. The highest BCUT2D eigenvalue weighted by molar-refractivity contribution is 7.18. The lowest BCUT2D eigenvalue weighted by molar-refractivity contribution is 0.0786. The van der Waals surface area contributed by atoms with E-state index in [2.05, 4.69) is 25.7 Å². The van der Waals surface area contributed by atoms with Gasteiger partial charge in [0.05, 0.1) is 15.3 Å². The van der Waals surface area contributed by atoms with Crippen molar-refractivity contribution in [3.63, 3.8) is 0 Å². The molecule has 0 fully saturated rings. The smallest absolute Gasteiger partial charge is 0.189 e. The van der Waals surface area contributed by atoms with Crippen molar-refractivity contribution >= 4 is 28.7 Å². The summed E-state index contributed by atoms with van der Waals surface area (Å²) < 4.78 is 0.673. The van der Waals surface area contributed by atoms with E-state index in [4.69, 9.17) is 11.6 Å². The number of likely N-dealkylation sites (N-methyl/N-ethyl adjacent to an activating group) is 1. The average Bonchev–Trinajstić information content (AvgIpc) is 2.75. The highest BCUT2D eigenvalue weighted by atomic mass is 35.5. The van der Waals surface area contributed by atoms with Gasteiger partial charge < -0.3 is 0 Å². The molecule has 4 heteroatoms. The average molecular weight is 274 g/mol. The standard InChI is InChI=1S/C13H20ClNOS/c1-5-9(3)15(6-2)10(4)13(16)11-7-8-12(14)17-11/h7-10H,5-6H2,1-4H3. The monoisotopic (exact) mass is 273 g/mol. The molecule has 1 aromatic heterocycles. The van der Waals surface area contributed by atoms with Gasteiger partial charge in [0.2, 0.25) is 0 Å². The molecule has 2 unspecified atom stereocenters. The van der Waals surface area contributed by atoms with Crippen molar-refractivity contribution in [2.24, 2.45) is 0 Å². The van der Waals surface area contributed by atoms with Gasteiger partial charge in [-0.2, -0.15) is 0 Å². The second-order valence-electron chi connectivity index (χ2n) is 4.23. The predicted octanol–water partition coefficient (Wildman–Crippen LogP) is 4.09. The van der Waals surface area contributed by atoms with Crippen molar-refractivity contribution in [1.29, 1.82) is 0 Å². The molecular formula is C13H20ClNOS. The Bertz CT molecular complexity index is 377. The number of carbonyl (C=O) groups excluding carboxylic acids is 1. The molecule has 0 amide bonds. The van der Waals surface area contributed by atoms with Gasteiger partial charge in [-0.05, 0) is 38.9 Å². The van der Waals surface area contributed by atoms with Gasteiger partial charge in [-0.25, -0.2) is 0 Å². The normalized spacial score (nSPS) is 14.9. The van der Waals surface area contributed by atoms with Crippen LogP contribution in [0.1, 0.15) is 43.8 Å². The largest absolute Gasteiger partial charge is 0.291 e. The Morgan fingerprint density at radius 1 is 1.41 bits per heavy atom. The van der Waals surface area contributed by atoms with Gasteiger partial charge in [0.25, 0.3) is 0 Å². The van der Waals surface area contributed by atoms with Crippen LogP contribution in [0.5, 0.6) is 0 Å². The molecule has 1 aromatic rings. The zero-order valence-corrected chi connectivity index (χ0v) is 12.4. The van der Waals surface area contributed by atoms with Gasteiger partial charge in [-0.3, -0.25) is 9.69 Å². The summed E-state index contributed by atoms with van der Waals surface area (Å²) in [5.74, 6) is 0.170. The third kappa shape index (κ3) is 3.54. The fourth-order valence-corrected chi connectivity index (χ4v) is 3.07. The third-order valence-electron chi connectivity index (χ3n) is 3.22. The summed E-state index contributed by atoms with van der Waals surface area (Å²) in [7, 11) is 0. The molecule has 2 atom stereocenters. The number of Topliss-reactive ketones (excluding diaryl/α,β-unsaturated/α-hetero) is 1. The zero-order chi connectivity index (χ0) is 13.0. The first-order chi connectivity index (χ1) is 8.01. The molecule has 0 bridgehead atoms. The summed E-state index contributed by atoms with van der Waals surface area (Å²) in [5.41, 5.74) is 0. The van der Waals surface area contributed by atoms with E-state index in [9.17, 15) is 4.79 Å². The minimum Gasteiger partial charge on any atom is -0.291 e. The zero-order valence-electron chi connectivity index (χ0n) is 10.9. The maximum atomic E-state index is 12.3. The molecule has 0 aliphatic heterocycles. The summed E-state index contributed by atoms with van der Waals surface area (Å²) in [6.07, 6.45) is 1.05. The molecular weight excluding hydrogens is 254 g/mol. The van der Waals surface area contributed by atoms with Gasteiger partial charge in [-0.1, -0.05) is 25.4 Å². The van der Waals surface area contributed by atoms with Crippen LogP contribution in [0, 0.1) is 0 Å². The van der Waals surface area contributed by atoms with Crippen LogP contribution in [-0.2, 0) is 0 Å². The van der Waals surface area contributed by atoms with Crippen LogP contribution in [0.25, 0.3) is 0 Å². The first-order valence-electron chi connectivity index (χ1n) is 6.06. The van der Waals surface area contributed by atoms with Crippen molar-refractivity contribution in [1.82, 2.24) is 4.90 Å². The highest BCUT2D eigenvalue weighted by Gasteiger charge is 2.25. The maximum absolute atomic E-state index is 12.3. The summed E-state index contributed by atoms with van der Waals surface area (Å²) in [4.78, 5) is 15.3. The molecule has 0 aliphatic carbocycles. The van der Waals surface area contributed by atoms with Gasteiger partial charge in [0, 0.05) is 6.04 Å². The first-order valence-corrected chi connectivity index (χ1v) is 7.25. The Kier molecular flexibility index (Phi) is 5.63. The van der Waals surface area contributed by atoms with E-state index in [1.54, 1.807) is 6.07 Å². The van der Waals surface area contributed by atoms with Gasteiger partial charge in [0.1, 0.15) is 0 Å². The summed E-state index contributed by atoms with van der Waals surface area (Å²) in [6.45, 7) is 9.27. The van der Waals surface area contributed by atoms with E-state index in [1.807, 2.05) is 13.0 Å². The number of thiophene rings is 1. The van der Waals surface area contributed by atoms with E-state index in [1.165, 1.54) is 11.3 Å². The summed E-state index contributed by atoms with van der Waals surface area (Å²) in [6, 6.07) is 3.95. The van der Waals surface area contributed by atoms with Crippen molar-refractivity contribution in [3.05, 3.63) is 21.3 Å². The van der Waals surface area contributed by atoms with E-state index in [0.717, 1.165) is 17.8 Å². The minimum atomic E-state index is -0.0790. The summed E-state index contributed by atoms with van der Waals surface area (Å²) >= 11 is 7.23. The lowest BCUT2D eigenvalue weighted by Crippen LogP contribution is -2.44. The molecule has 0 N–H and O–H groups in total. The SMILES string of the molecule is CCC(C)N(CC)C(C)C(=O)c1ccc(Cl)s1. The number of hydrogen-bond acceptors (Lipinski definition) is 3. The van der Waals surface area contributed by atoms with Crippen molar-refractivity contribution in [2.75, 3.05) is 6.54 Å². The third-order valence-corrected chi connectivity index (χ3v) is 4.46. The fraction of sp³-hybridized carbons (Fsp3) is 0.615. The van der Waals surface area contributed by atoms with Crippen LogP contribution in [0.3, 0.4) is 0 Å². The quantitative estimate of drug-likeness (QED) is 0.728. The van der Waals surface area contributed by atoms with E-state index in [0.29, 0.717) is 10.4 Å². The lowest BCUT2D eigenvalue weighted by atomic mass is 10.1. The number of carbonyl (C=O) groups is 1. The van der Waals surface area contributed by atoms with Crippen LogP contribution in [0.2, 0.25) is 4.34 Å². The van der Waals surface area contributed by atoms with Crippen LogP contribution >= 0.6 is 22.9 Å². The topological polar surface area (TPSA) is 20.3 Å². The van der Waals surface area contributed by atoms with Crippen molar-refractivity contribution < 1.29 is 4.79 Å². The van der Waals surface area contributed by atoms with E-state index >= 15 is 0 Å². The molecule has 0 saturated carbocycles. The predicted molar refractivity (Wildman–Crippen MR) is 75.3 cm³/mol. The maximum Gasteiger partial charge on any atom is 0.189 e. The summed E-state index contributed by atoms with van der Waals surface area (Å²) in [5, 5.41) is 0. The Morgan fingerprint density at radius 3 is 2.47 bits per heavy atom. The van der Waals surface area contributed by atoms with Crippen LogP contribution in [0.15, 0.2) is 12.1 Å². The molecule has 17 heavy (non-hydrogen) atoms. The van der Waals surface area contributed by atoms with Gasteiger partial charge in [-0.15, -0.1) is 11.3 Å². The number of rotatable bonds is 6. The van der Waals surface area contributed by atoms with Crippen molar-refractivity contribution in [3.8, 4) is 0 Å². The molecule has 0 aliphatic rings. The Balaban J connectivity index is 2.80. The molecule has 0 radical (unpaired) electrons. The molecule has 1 heterocycles. The number of hydrogen-bond donors (Lipinski definition) is 0. The van der Waals surface area contributed by atoms with E-state index < -0.39 is 0 Å². The minimum absolute atomic E-state index is 0.0790. The Labute approximate surface area is 113 Å². The first kappa shape index (κ1) is 14.7. The molecule has 0 aromatic carbocycles. The molecule has 2 nitrogen and oxygen atoms in total. The van der Waals surface area contributed by atoms with Crippen LogP contribution in [0.4, 0.5) is 0 Å². The molecule has 96 valence electrons. The second-order valence-corrected chi connectivity index (χ2v) is 5.95. The highest BCUT2D eigenvalue weighted by Crippen LogP contribution is 2.24. The van der Waals surface area contributed by atoms with Crippen LogP contribution in [-0.4, -0.2) is 29.3 Å². The molecule has 0 saturated heterocycles. The van der Waals surface area contributed by atoms with Gasteiger partial charge in [0.15, 0.2) is 5.78 Å². The second kappa shape index (κ2) is 6.53. The Morgan fingerprint density at radius 2 is 2.06 bits per heavy atom. The van der Waals surface area contributed by atoms with Crippen molar-refractivity contribution in [2.45, 2.75) is 46.2 Å². The fourth-order valence-electron chi connectivity index (χ4n) is 2.00. The molecule has 1 rings (SSSR count). The lowest BCUT2D eigenvalue weighted by Gasteiger charge is -2.31. The number of ketones is 1. The number of halogens is 1.